The molecule has 0 heterocycles. The Hall–Kier alpha value is -3.00. The van der Waals surface area contributed by atoms with Crippen molar-refractivity contribution < 1.29 is 37.8 Å². The zero-order chi connectivity index (χ0) is 42.4. The minimum atomic E-state index is -1.97. The first-order valence-corrected chi connectivity index (χ1v) is 23.0. The lowest BCUT2D eigenvalue weighted by atomic mass is 9.62. The summed E-state index contributed by atoms with van der Waals surface area (Å²) in [5, 5.41) is 5.91. The molecule has 0 spiro atoms. The summed E-state index contributed by atoms with van der Waals surface area (Å²) in [6.45, 7) is 26.6. The lowest BCUT2D eigenvalue weighted by molar-refractivity contribution is -0.167. The molecule has 4 unspecified atom stereocenters. The summed E-state index contributed by atoms with van der Waals surface area (Å²) in [7, 11) is 1.20. The molecule has 4 atom stereocenters. The SMILES string of the molecule is CCCN(C(=O)NC)C(=O)C(CCC(CC(N)(C(C)C)C(NC(=O)c1ccccc1OCCCCOC)(O[SiH](C)C)C(C)(C)C)C(=O)OC(C)(C)C)C(C)C. The van der Waals surface area contributed by atoms with Crippen LogP contribution in [0.15, 0.2) is 24.3 Å². The van der Waals surface area contributed by atoms with Crippen LogP contribution in [0.25, 0.3) is 0 Å². The molecule has 13 heteroatoms. The van der Waals surface area contributed by atoms with Gasteiger partial charge in [-0.1, -0.05) is 67.5 Å². The van der Waals surface area contributed by atoms with Crippen LogP contribution < -0.4 is 21.1 Å². The van der Waals surface area contributed by atoms with E-state index in [4.69, 9.17) is 24.4 Å². The van der Waals surface area contributed by atoms with E-state index in [0.717, 1.165) is 12.8 Å². The van der Waals surface area contributed by atoms with Crippen molar-refractivity contribution >= 4 is 32.9 Å². The fourth-order valence-electron chi connectivity index (χ4n) is 7.08. The Bertz CT molecular complexity index is 1380. The third-order valence-corrected chi connectivity index (χ3v) is 10.8. The molecule has 0 radical (unpaired) electrons. The maximum atomic E-state index is 14.6. The van der Waals surface area contributed by atoms with Crippen LogP contribution in [0.4, 0.5) is 4.79 Å². The summed E-state index contributed by atoms with van der Waals surface area (Å²) in [5.74, 6) is -2.45. The van der Waals surface area contributed by atoms with E-state index in [-0.39, 0.29) is 37.1 Å². The van der Waals surface area contributed by atoms with Gasteiger partial charge in [0, 0.05) is 38.6 Å². The number of hydrogen-bond donors (Lipinski definition) is 3. The number of carbonyl (C=O) groups excluding carboxylic acids is 4. The van der Waals surface area contributed by atoms with Gasteiger partial charge in [-0.05, 0) is 96.4 Å². The second kappa shape index (κ2) is 22.1. The van der Waals surface area contributed by atoms with Gasteiger partial charge in [-0.3, -0.25) is 19.3 Å². The van der Waals surface area contributed by atoms with Crippen molar-refractivity contribution in [1.82, 2.24) is 15.5 Å². The van der Waals surface area contributed by atoms with Gasteiger partial charge in [0.1, 0.15) is 11.4 Å². The molecule has 0 saturated carbocycles. The topological polar surface area (TPSA) is 159 Å². The fraction of sp³-hybridized carbons (Fsp3) is 0.762. The number of amides is 4. The predicted octanol–water partition coefficient (Wildman–Crippen LogP) is 7.30. The van der Waals surface area contributed by atoms with Gasteiger partial charge >= 0.3 is 12.0 Å². The van der Waals surface area contributed by atoms with Crippen LogP contribution in [0, 0.1) is 29.1 Å². The standard InChI is InChI=1S/C42H76N4O8Si/c1-16-25-46(38(50)44-12)36(48)32(29(2)3)24-23-31(37(49)53-40(9,10)11)28-41(43,30(4)5)42(39(6,7)8,54-55(14)15)45-35(47)33-21-17-18-22-34(33)52-27-20-19-26-51-13/h17-18,21-22,29-32,55H,16,19-20,23-28,43H2,1-15H3,(H,44,50)(H,45,47). The first-order valence-electron chi connectivity index (χ1n) is 20.2. The smallest absolute Gasteiger partial charge is 0.323 e. The number of methoxy groups -OCH3 is 1. The third-order valence-electron chi connectivity index (χ3n) is 10.0. The number of benzene rings is 1. The number of ether oxygens (including phenoxy) is 3. The highest BCUT2D eigenvalue weighted by atomic mass is 28.3. The molecule has 55 heavy (non-hydrogen) atoms. The molecule has 316 valence electrons. The number of urea groups is 1. The predicted molar refractivity (Wildman–Crippen MR) is 222 cm³/mol. The number of imide groups is 1. The van der Waals surface area contributed by atoms with Gasteiger partial charge < -0.3 is 35.0 Å². The van der Waals surface area contributed by atoms with E-state index in [1.165, 1.54) is 11.9 Å². The highest BCUT2D eigenvalue weighted by Gasteiger charge is 2.61. The van der Waals surface area contributed by atoms with Gasteiger partial charge in [-0.2, -0.15) is 0 Å². The van der Waals surface area contributed by atoms with Gasteiger partial charge in [-0.15, -0.1) is 0 Å². The van der Waals surface area contributed by atoms with Gasteiger partial charge in [0.2, 0.25) is 5.91 Å². The van der Waals surface area contributed by atoms with Crippen molar-refractivity contribution in [2.45, 2.75) is 145 Å². The summed E-state index contributed by atoms with van der Waals surface area (Å²) in [4.78, 5) is 56.8. The van der Waals surface area contributed by atoms with Crippen LogP contribution in [0.3, 0.4) is 0 Å². The van der Waals surface area contributed by atoms with Crippen LogP contribution in [0.2, 0.25) is 13.1 Å². The van der Waals surface area contributed by atoms with Crippen LogP contribution >= 0.6 is 0 Å². The molecular weight excluding hydrogens is 717 g/mol. The lowest BCUT2D eigenvalue weighted by Gasteiger charge is -2.58. The Balaban J connectivity index is 3.88. The highest BCUT2D eigenvalue weighted by molar-refractivity contribution is 6.48. The molecule has 0 aromatic heterocycles. The van der Waals surface area contributed by atoms with Crippen molar-refractivity contribution in [3.05, 3.63) is 29.8 Å². The van der Waals surface area contributed by atoms with Crippen LogP contribution in [-0.4, -0.2) is 88.5 Å². The fourth-order valence-corrected chi connectivity index (χ4v) is 8.42. The highest BCUT2D eigenvalue weighted by Crippen LogP contribution is 2.47. The average molecular weight is 793 g/mol. The molecule has 4 N–H and O–H groups in total. The number of nitrogens with one attached hydrogen (secondary N) is 2. The van der Waals surface area contributed by atoms with Gasteiger partial charge in [0.25, 0.3) is 5.91 Å². The Morgan fingerprint density at radius 3 is 2.02 bits per heavy atom. The molecule has 0 aliphatic carbocycles. The average Bonchev–Trinajstić information content (AvgIpc) is 3.07. The number of esters is 1. The van der Waals surface area contributed by atoms with Gasteiger partial charge in [-0.25, -0.2) is 4.79 Å². The third kappa shape index (κ3) is 14.2. The Morgan fingerprint density at radius 2 is 1.53 bits per heavy atom. The molecule has 12 nitrogen and oxygen atoms in total. The molecule has 4 amide bonds. The van der Waals surface area contributed by atoms with Crippen LogP contribution in [0.1, 0.15) is 125 Å². The largest absolute Gasteiger partial charge is 0.493 e. The van der Waals surface area contributed by atoms with Crippen LogP contribution in [-0.2, 0) is 23.5 Å². The Kier molecular flexibility index (Phi) is 20.1. The quantitative estimate of drug-likeness (QED) is 0.0474. The number of nitrogens with two attached hydrogens (primary N) is 1. The van der Waals surface area contributed by atoms with Crippen molar-refractivity contribution in [3.63, 3.8) is 0 Å². The van der Waals surface area contributed by atoms with E-state index in [2.05, 4.69) is 10.6 Å². The van der Waals surface area contributed by atoms with Crippen molar-refractivity contribution in [2.24, 2.45) is 34.8 Å². The maximum absolute atomic E-state index is 14.6. The first kappa shape index (κ1) is 50.0. The van der Waals surface area contributed by atoms with Crippen molar-refractivity contribution in [3.8, 4) is 5.75 Å². The molecular formula is C42H76N4O8Si. The Morgan fingerprint density at radius 1 is 0.927 bits per heavy atom. The maximum Gasteiger partial charge on any atom is 0.323 e. The zero-order valence-electron chi connectivity index (χ0n) is 36.9. The molecule has 1 aromatic carbocycles. The van der Waals surface area contributed by atoms with Crippen molar-refractivity contribution in [1.29, 1.82) is 0 Å². The number of hydrogen-bond acceptors (Lipinski definition) is 9. The van der Waals surface area contributed by atoms with E-state index in [1.54, 1.807) is 25.3 Å². The second-order valence-electron chi connectivity index (χ2n) is 17.7. The van der Waals surface area contributed by atoms with Crippen LogP contribution in [0.5, 0.6) is 5.75 Å². The number of unbranched alkanes of at least 4 members (excludes halogenated alkanes) is 1. The minimum absolute atomic E-state index is 0.0863. The first-order chi connectivity index (χ1) is 25.4. The molecule has 0 fully saturated rings. The van der Waals surface area contributed by atoms with E-state index in [0.29, 0.717) is 37.4 Å². The minimum Gasteiger partial charge on any atom is -0.493 e. The number of nitrogens with zero attached hydrogens (tertiary/aromatic N) is 1. The van der Waals surface area contributed by atoms with E-state index >= 15 is 0 Å². The molecule has 0 aliphatic rings. The summed E-state index contributed by atoms with van der Waals surface area (Å²) in [5.41, 5.74) is 3.70. The Labute approximate surface area is 334 Å². The number of rotatable bonds is 22. The summed E-state index contributed by atoms with van der Waals surface area (Å²) < 4.78 is 24.3. The molecule has 0 bridgehead atoms. The van der Waals surface area contributed by atoms with E-state index in [1.807, 2.05) is 95.3 Å². The number of para-hydroxylation sites is 1. The molecule has 1 rings (SSSR count). The zero-order valence-corrected chi connectivity index (χ0v) is 38.0. The van der Waals surface area contributed by atoms with Gasteiger partial charge in [0.05, 0.1) is 23.6 Å². The normalized spacial score (nSPS) is 15.5. The summed E-state index contributed by atoms with van der Waals surface area (Å²) in [6.07, 6.45) is 2.85. The molecule has 0 aliphatic heterocycles. The number of carbonyl (C=O) groups is 4. The summed E-state index contributed by atoms with van der Waals surface area (Å²) >= 11 is 0. The molecule has 0 saturated heterocycles. The van der Waals surface area contributed by atoms with E-state index < -0.39 is 61.1 Å². The summed E-state index contributed by atoms with van der Waals surface area (Å²) in [6, 6.07) is 6.66. The van der Waals surface area contributed by atoms with Gasteiger partial charge in [0.15, 0.2) is 14.8 Å². The van der Waals surface area contributed by atoms with Crippen molar-refractivity contribution in [2.75, 3.05) is 33.9 Å². The monoisotopic (exact) mass is 793 g/mol. The second-order valence-corrected chi connectivity index (χ2v) is 20.0. The lowest BCUT2D eigenvalue weighted by Crippen LogP contribution is -2.78. The molecule has 1 aromatic rings. The van der Waals surface area contributed by atoms with E-state index in [9.17, 15) is 19.2 Å².